The lowest BCUT2D eigenvalue weighted by atomic mass is 9.93. The molecule has 0 aliphatic rings. The summed E-state index contributed by atoms with van der Waals surface area (Å²) >= 11 is 0. The molecule has 0 aliphatic carbocycles. The molecule has 2 heterocycles. The van der Waals surface area contributed by atoms with E-state index in [1.54, 1.807) is 0 Å². The lowest BCUT2D eigenvalue weighted by Gasteiger charge is -2.23. The molecule has 0 aromatic carbocycles. The Morgan fingerprint density at radius 2 is 1.43 bits per heavy atom. The Labute approximate surface area is 130 Å². The number of rotatable bonds is 5. The Balaban J connectivity index is 1.94. The average Bonchev–Trinajstić information content (AvgIpc) is 3.22. The van der Waals surface area contributed by atoms with Crippen LogP contribution in [0.2, 0.25) is 0 Å². The largest absolute Gasteiger partial charge is 0.481 e. The zero-order chi connectivity index (χ0) is 16.9. The highest BCUT2D eigenvalue weighted by Gasteiger charge is 2.37. The van der Waals surface area contributed by atoms with Crippen molar-refractivity contribution in [3.63, 3.8) is 0 Å². The van der Waals surface area contributed by atoms with E-state index in [2.05, 4.69) is 9.97 Å². The number of carbonyl (C=O) groups is 3. The standard InChI is InChI=1S/C13H14N4O6/c1-13(10(18)19,6-22-11(20)16-4-2-14-8-16)7-23-12(21)17-5-3-15-9-17/h2-5,8-9H,6-7H2,1H3,(H,18,19). The molecular formula is C13H14N4O6. The fraction of sp³-hybridized carbons (Fsp3) is 0.308. The van der Waals surface area contributed by atoms with Crippen molar-refractivity contribution in [1.29, 1.82) is 0 Å². The predicted molar refractivity (Wildman–Crippen MR) is 73.7 cm³/mol. The molecule has 2 rings (SSSR count). The number of carbonyl (C=O) groups excluding carboxylic acids is 2. The van der Waals surface area contributed by atoms with E-state index in [4.69, 9.17) is 9.47 Å². The number of aliphatic carboxylic acids is 1. The van der Waals surface area contributed by atoms with Gasteiger partial charge < -0.3 is 14.6 Å². The molecule has 1 N–H and O–H groups in total. The lowest BCUT2D eigenvalue weighted by Crippen LogP contribution is -2.39. The number of nitrogens with zero attached hydrogens (tertiary/aromatic N) is 4. The SMILES string of the molecule is CC(COC(=O)n1ccnc1)(COC(=O)n1ccnc1)C(=O)O. The van der Waals surface area contributed by atoms with E-state index >= 15 is 0 Å². The number of imidazole rings is 2. The number of hydrogen-bond donors (Lipinski definition) is 1. The van der Waals surface area contributed by atoms with Gasteiger partial charge in [0.1, 0.15) is 31.3 Å². The Morgan fingerprint density at radius 1 is 1.00 bits per heavy atom. The number of ether oxygens (including phenoxy) is 2. The van der Waals surface area contributed by atoms with Crippen LogP contribution >= 0.6 is 0 Å². The highest BCUT2D eigenvalue weighted by atomic mass is 16.6. The third-order valence-corrected chi connectivity index (χ3v) is 2.98. The summed E-state index contributed by atoms with van der Waals surface area (Å²) in [5.41, 5.74) is -1.59. The molecule has 0 unspecified atom stereocenters. The van der Waals surface area contributed by atoms with Crippen LogP contribution in [0.25, 0.3) is 0 Å². The van der Waals surface area contributed by atoms with E-state index in [9.17, 15) is 19.5 Å². The van der Waals surface area contributed by atoms with Crippen LogP contribution in [-0.2, 0) is 14.3 Å². The molecule has 10 heteroatoms. The first-order valence-corrected chi connectivity index (χ1v) is 6.46. The van der Waals surface area contributed by atoms with Crippen LogP contribution in [-0.4, -0.2) is 55.6 Å². The van der Waals surface area contributed by atoms with Gasteiger partial charge in [-0.1, -0.05) is 0 Å². The molecule has 0 spiro atoms. The van der Waals surface area contributed by atoms with E-state index in [1.165, 1.54) is 44.4 Å². The number of carboxylic acid groups (broad SMARTS) is 1. The van der Waals surface area contributed by atoms with Crippen LogP contribution in [0.1, 0.15) is 6.92 Å². The summed E-state index contributed by atoms with van der Waals surface area (Å²) in [6.45, 7) is 0.352. The van der Waals surface area contributed by atoms with Crippen molar-refractivity contribution in [2.75, 3.05) is 13.2 Å². The Morgan fingerprint density at radius 3 is 1.74 bits per heavy atom. The summed E-state index contributed by atoms with van der Waals surface area (Å²) in [5.74, 6) is -1.27. The molecule has 0 atom stereocenters. The Bertz CT molecular complexity index is 629. The zero-order valence-electron chi connectivity index (χ0n) is 12.2. The highest BCUT2D eigenvalue weighted by molar-refractivity contribution is 5.77. The highest BCUT2D eigenvalue weighted by Crippen LogP contribution is 2.19. The monoisotopic (exact) mass is 322 g/mol. The van der Waals surface area contributed by atoms with Crippen LogP contribution in [0.3, 0.4) is 0 Å². The molecule has 2 aromatic heterocycles. The molecular weight excluding hydrogens is 308 g/mol. The molecule has 0 radical (unpaired) electrons. The summed E-state index contributed by atoms with van der Waals surface area (Å²) in [6, 6.07) is 0. The second-order valence-corrected chi connectivity index (χ2v) is 4.91. The fourth-order valence-electron chi connectivity index (χ4n) is 1.49. The van der Waals surface area contributed by atoms with Crippen molar-refractivity contribution in [2.45, 2.75) is 6.92 Å². The first kappa shape index (κ1) is 16.2. The minimum Gasteiger partial charge on any atom is -0.481 e. The molecule has 23 heavy (non-hydrogen) atoms. The van der Waals surface area contributed by atoms with Gasteiger partial charge in [-0.25, -0.2) is 28.7 Å². The first-order valence-electron chi connectivity index (χ1n) is 6.46. The molecule has 0 bridgehead atoms. The van der Waals surface area contributed by atoms with Crippen molar-refractivity contribution >= 4 is 18.2 Å². The average molecular weight is 322 g/mol. The van der Waals surface area contributed by atoms with Crippen molar-refractivity contribution in [2.24, 2.45) is 5.41 Å². The maximum atomic E-state index is 11.7. The number of carboxylic acids is 1. The van der Waals surface area contributed by atoms with Gasteiger partial charge in [-0.3, -0.25) is 4.79 Å². The second-order valence-electron chi connectivity index (χ2n) is 4.91. The van der Waals surface area contributed by atoms with Crippen LogP contribution in [0.5, 0.6) is 0 Å². The summed E-state index contributed by atoms with van der Waals surface area (Å²) in [7, 11) is 0. The van der Waals surface area contributed by atoms with Gasteiger partial charge in [0, 0.05) is 24.8 Å². The van der Waals surface area contributed by atoms with E-state index in [0.29, 0.717) is 0 Å². The number of aromatic nitrogens is 4. The van der Waals surface area contributed by atoms with Gasteiger partial charge in [-0.05, 0) is 6.92 Å². The predicted octanol–water partition coefficient (Wildman–Crippen LogP) is 0.840. The van der Waals surface area contributed by atoms with Crippen LogP contribution in [0.4, 0.5) is 9.59 Å². The van der Waals surface area contributed by atoms with Gasteiger partial charge in [-0.15, -0.1) is 0 Å². The maximum Gasteiger partial charge on any atom is 0.419 e. The minimum atomic E-state index is -1.59. The molecule has 10 nitrogen and oxygen atoms in total. The van der Waals surface area contributed by atoms with E-state index in [-0.39, 0.29) is 0 Å². The summed E-state index contributed by atoms with van der Waals surface area (Å²) < 4.78 is 12.0. The Kier molecular flexibility index (Phi) is 4.74. The van der Waals surface area contributed by atoms with Gasteiger partial charge in [0.05, 0.1) is 0 Å². The van der Waals surface area contributed by atoms with E-state index < -0.39 is 36.8 Å². The fourth-order valence-corrected chi connectivity index (χ4v) is 1.49. The molecule has 0 saturated carbocycles. The topological polar surface area (TPSA) is 126 Å². The molecule has 122 valence electrons. The van der Waals surface area contributed by atoms with Gasteiger partial charge >= 0.3 is 18.2 Å². The first-order chi connectivity index (χ1) is 10.9. The third kappa shape index (κ3) is 3.93. The summed E-state index contributed by atoms with van der Waals surface area (Å²) in [4.78, 5) is 42.1. The summed E-state index contributed by atoms with van der Waals surface area (Å²) in [5, 5.41) is 9.30. The molecule has 0 aliphatic heterocycles. The zero-order valence-corrected chi connectivity index (χ0v) is 12.2. The molecule has 0 saturated heterocycles. The number of hydrogen-bond acceptors (Lipinski definition) is 7. The van der Waals surface area contributed by atoms with Gasteiger partial charge in [0.15, 0.2) is 0 Å². The molecule has 0 fully saturated rings. The maximum absolute atomic E-state index is 11.7. The van der Waals surface area contributed by atoms with Crippen molar-refractivity contribution < 1.29 is 29.0 Å². The lowest BCUT2D eigenvalue weighted by molar-refractivity contribution is -0.152. The van der Waals surface area contributed by atoms with Crippen molar-refractivity contribution in [3.8, 4) is 0 Å². The van der Waals surface area contributed by atoms with Gasteiger partial charge in [-0.2, -0.15) is 0 Å². The smallest absolute Gasteiger partial charge is 0.419 e. The normalized spacial score (nSPS) is 11.0. The minimum absolute atomic E-state index is 0.476. The quantitative estimate of drug-likeness (QED) is 0.858. The summed E-state index contributed by atoms with van der Waals surface area (Å²) in [6.07, 6.45) is 6.36. The van der Waals surface area contributed by atoms with Gasteiger partial charge in [0.25, 0.3) is 0 Å². The van der Waals surface area contributed by atoms with E-state index in [1.807, 2.05) is 0 Å². The van der Waals surface area contributed by atoms with Gasteiger partial charge in [0.2, 0.25) is 0 Å². The van der Waals surface area contributed by atoms with Crippen LogP contribution in [0.15, 0.2) is 37.4 Å². The van der Waals surface area contributed by atoms with Crippen LogP contribution < -0.4 is 0 Å². The Hall–Kier alpha value is -3.17. The second kappa shape index (κ2) is 6.73. The molecule has 0 amide bonds. The van der Waals surface area contributed by atoms with E-state index in [0.717, 1.165) is 9.13 Å². The molecule has 2 aromatic rings. The van der Waals surface area contributed by atoms with Crippen molar-refractivity contribution in [1.82, 2.24) is 19.1 Å². The van der Waals surface area contributed by atoms with Crippen molar-refractivity contribution in [3.05, 3.63) is 37.4 Å². The third-order valence-electron chi connectivity index (χ3n) is 2.98. The van der Waals surface area contributed by atoms with Crippen LogP contribution in [0, 0.1) is 5.41 Å².